The number of nitrogens with zero attached hydrogens (tertiary/aromatic N) is 3. The minimum Gasteiger partial charge on any atom is -0.495 e. The lowest BCUT2D eigenvalue weighted by Crippen LogP contribution is -2.17. The molecule has 0 spiro atoms. The van der Waals surface area contributed by atoms with Crippen LogP contribution in [0.4, 0.5) is 0 Å². The summed E-state index contributed by atoms with van der Waals surface area (Å²) in [5.74, 6) is 1.73. The standard InChI is InChI=1S/C14H20N4O/c1-3-7-18-8-6-17-14(18)9-12(15)11-4-5-16-10-13(11)19-2/h4-6,8,10,12H,3,7,9,15H2,1-2H3. The minimum atomic E-state index is -0.143. The lowest BCUT2D eigenvalue weighted by Gasteiger charge is -2.15. The highest BCUT2D eigenvalue weighted by atomic mass is 16.5. The highest BCUT2D eigenvalue weighted by Gasteiger charge is 2.15. The third-order valence-electron chi connectivity index (χ3n) is 3.10. The Morgan fingerprint density at radius 3 is 3.00 bits per heavy atom. The predicted octanol–water partition coefficient (Wildman–Crippen LogP) is 1.94. The molecular formula is C14H20N4O. The molecule has 2 N–H and O–H groups in total. The van der Waals surface area contributed by atoms with Crippen LogP contribution in [0.5, 0.6) is 5.75 Å². The molecule has 0 fully saturated rings. The summed E-state index contributed by atoms with van der Waals surface area (Å²) in [7, 11) is 1.63. The number of ether oxygens (including phenoxy) is 1. The van der Waals surface area contributed by atoms with Gasteiger partial charge in [0, 0.05) is 43.2 Å². The number of aromatic nitrogens is 3. The average molecular weight is 260 g/mol. The molecule has 102 valence electrons. The smallest absolute Gasteiger partial charge is 0.141 e. The van der Waals surface area contributed by atoms with Gasteiger partial charge in [0.05, 0.1) is 13.3 Å². The highest BCUT2D eigenvalue weighted by Crippen LogP contribution is 2.24. The topological polar surface area (TPSA) is 66.0 Å². The second-order valence-electron chi connectivity index (χ2n) is 4.47. The molecule has 0 aliphatic heterocycles. The van der Waals surface area contributed by atoms with Gasteiger partial charge in [0.1, 0.15) is 11.6 Å². The zero-order valence-corrected chi connectivity index (χ0v) is 11.4. The summed E-state index contributed by atoms with van der Waals surface area (Å²) in [5.41, 5.74) is 7.23. The fourth-order valence-corrected chi connectivity index (χ4v) is 2.15. The van der Waals surface area contributed by atoms with Crippen molar-refractivity contribution in [1.29, 1.82) is 0 Å². The molecule has 19 heavy (non-hydrogen) atoms. The quantitative estimate of drug-likeness (QED) is 0.862. The summed E-state index contributed by atoms with van der Waals surface area (Å²) in [6, 6.07) is 1.76. The van der Waals surface area contributed by atoms with Gasteiger partial charge in [0.25, 0.3) is 0 Å². The summed E-state index contributed by atoms with van der Waals surface area (Å²) < 4.78 is 7.44. The molecule has 0 radical (unpaired) electrons. The van der Waals surface area contributed by atoms with Gasteiger partial charge in [-0.3, -0.25) is 4.98 Å². The number of aryl methyl sites for hydroxylation is 1. The maximum absolute atomic E-state index is 6.27. The molecule has 1 atom stereocenters. The molecule has 1 unspecified atom stereocenters. The van der Waals surface area contributed by atoms with Crippen molar-refractivity contribution < 1.29 is 4.74 Å². The van der Waals surface area contributed by atoms with Crippen molar-refractivity contribution in [2.24, 2.45) is 5.73 Å². The van der Waals surface area contributed by atoms with Gasteiger partial charge in [0.15, 0.2) is 0 Å². The van der Waals surface area contributed by atoms with E-state index in [0.29, 0.717) is 6.42 Å². The molecule has 5 heteroatoms. The fourth-order valence-electron chi connectivity index (χ4n) is 2.15. The number of hydrogen-bond acceptors (Lipinski definition) is 4. The number of rotatable bonds is 6. The van der Waals surface area contributed by atoms with Crippen LogP contribution in [-0.4, -0.2) is 21.6 Å². The van der Waals surface area contributed by atoms with Crippen LogP contribution in [-0.2, 0) is 13.0 Å². The summed E-state index contributed by atoms with van der Waals surface area (Å²) in [6.07, 6.45) is 9.01. The van der Waals surface area contributed by atoms with Crippen LogP contribution in [0.3, 0.4) is 0 Å². The van der Waals surface area contributed by atoms with Gasteiger partial charge >= 0.3 is 0 Å². The largest absolute Gasteiger partial charge is 0.495 e. The van der Waals surface area contributed by atoms with E-state index in [1.165, 1.54) is 0 Å². The van der Waals surface area contributed by atoms with E-state index in [9.17, 15) is 0 Å². The van der Waals surface area contributed by atoms with Crippen molar-refractivity contribution in [2.75, 3.05) is 7.11 Å². The Bertz CT molecular complexity index is 524. The number of nitrogens with two attached hydrogens (primary N) is 1. The molecule has 5 nitrogen and oxygen atoms in total. The Hall–Kier alpha value is -1.88. The van der Waals surface area contributed by atoms with Crippen molar-refractivity contribution in [3.05, 3.63) is 42.2 Å². The fraction of sp³-hybridized carbons (Fsp3) is 0.429. The molecular weight excluding hydrogens is 240 g/mol. The van der Waals surface area contributed by atoms with Gasteiger partial charge in [-0.15, -0.1) is 0 Å². The summed E-state index contributed by atoms with van der Waals surface area (Å²) in [6.45, 7) is 3.12. The van der Waals surface area contributed by atoms with Crippen molar-refractivity contribution in [2.45, 2.75) is 32.4 Å². The van der Waals surface area contributed by atoms with Crippen molar-refractivity contribution >= 4 is 0 Å². The number of hydrogen-bond donors (Lipinski definition) is 1. The lowest BCUT2D eigenvalue weighted by atomic mass is 10.0. The van der Waals surface area contributed by atoms with E-state index in [1.807, 2.05) is 18.5 Å². The summed E-state index contributed by atoms with van der Waals surface area (Å²) >= 11 is 0. The molecule has 2 aromatic rings. The van der Waals surface area contributed by atoms with Gasteiger partial charge in [-0.1, -0.05) is 6.92 Å². The van der Waals surface area contributed by atoms with Gasteiger partial charge in [-0.05, 0) is 12.5 Å². The molecule has 0 aliphatic rings. The van der Waals surface area contributed by atoms with Crippen LogP contribution >= 0.6 is 0 Å². The minimum absolute atomic E-state index is 0.143. The van der Waals surface area contributed by atoms with Crippen LogP contribution in [0.15, 0.2) is 30.9 Å². The molecule has 2 rings (SSSR count). The maximum atomic E-state index is 6.27. The van der Waals surface area contributed by atoms with Gasteiger partial charge in [0.2, 0.25) is 0 Å². The van der Waals surface area contributed by atoms with Crippen LogP contribution in [0.2, 0.25) is 0 Å². The number of imidazole rings is 1. The summed E-state index contributed by atoms with van der Waals surface area (Å²) in [4.78, 5) is 8.42. The number of pyridine rings is 1. The third-order valence-corrected chi connectivity index (χ3v) is 3.10. The second kappa shape index (κ2) is 6.33. The van der Waals surface area contributed by atoms with Crippen LogP contribution in [0.1, 0.15) is 30.8 Å². The highest BCUT2D eigenvalue weighted by molar-refractivity contribution is 5.33. The molecule has 2 heterocycles. The predicted molar refractivity (Wildman–Crippen MR) is 73.9 cm³/mol. The molecule has 2 aromatic heterocycles. The lowest BCUT2D eigenvalue weighted by molar-refractivity contribution is 0.402. The third kappa shape index (κ3) is 3.12. The Morgan fingerprint density at radius 1 is 1.42 bits per heavy atom. The van der Waals surface area contributed by atoms with Crippen LogP contribution < -0.4 is 10.5 Å². The first-order valence-corrected chi connectivity index (χ1v) is 6.49. The first kappa shape index (κ1) is 13.5. The van der Waals surface area contributed by atoms with Crippen molar-refractivity contribution in [3.8, 4) is 5.75 Å². The first-order chi connectivity index (χ1) is 9.26. The van der Waals surface area contributed by atoms with Gasteiger partial charge < -0.3 is 15.0 Å². The summed E-state index contributed by atoms with van der Waals surface area (Å²) in [5, 5.41) is 0. The van der Waals surface area contributed by atoms with E-state index < -0.39 is 0 Å². The Balaban J connectivity index is 2.16. The van der Waals surface area contributed by atoms with E-state index in [-0.39, 0.29) is 6.04 Å². The van der Waals surface area contributed by atoms with Crippen LogP contribution in [0.25, 0.3) is 0 Å². The Labute approximate surface area is 113 Å². The van der Waals surface area contributed by atoms with Crippen molar-refractivity contribution in [3.63, 3.8) is 0 Å². The van der Waals surface area contributed by atoms with Gasteiger partial charge in [-0.2, -0.15) is 0 Å². The zero-order valence-electron chi connectivity index (χ0n) is 11.4. The molecule has 0 saturated heterocycles. The van der Waals surface area contributed by atoms with Crippen LogP contribution in [0, 0.1) is 0 Å². The Morgan fingerprint density at radius 2 is 2.26 bits per heavy atom. The monoisotopic (exact) mass is 260 g/mol. The van der Waals surface area contributed by atoms with E-state index in [0.717, 1.165) is 30.1 Å². The zero-order chi connectivity index (χ0) is 13.7. The van der Waals surface area contributed by atoms with E-state index in [1.54, 1.807) is 19.5 Å². The molecule has 0 aromatic carbocycles. The average Bonchev–Trinajstić information content (AvgIpc) is 2.86. The normalized spacial score (nSPS) is 12.4. The van der Waals surface area contributed by atoms with E-state index >= 15 is 0 Å². The van der Waals surface area contributed by atoms with E-state index in [2.05, 4.69) is 21.5 Å². The van der Waals surface area contributed by atoms with E-state index in [4.69, 9.17) is 10.5 Å². The molecule has 0 saturated carbocycles. The SMILES string of the molecule is CCCn1ccnc1CC(N)c1ccncc1OC. The molecule has 0 aliphatic carbocycles. The number of methoxy groups -OCH3 is 1. The van der Waals surface area contributed by atoms with Crippen molar-refractivity contribution in [1.82, 2.24) is 14.5 Å². The first-order valence-electron chi connectivity index (χ1n) is 6.49. The second-order valence-corrected chi connectivity index (χ2v) is 4.47. The molecule has 0 amide bonds. The maximum Gasteiger partial charge on any atom is 0.141 e. The Kier molecular flexibility index (Phi) is 4.52. The molecule has 0 bridgehead atoms. The van der Waals surface area contributed by atoms with Gasteiger partial charge in [-0.25, -0.2) is 4.98 Å².